The van der Waals surface area contributed by atoms with Crippen LogP contribution >= 0.6 is 0 Å². The molecule has 4 aromatic carbocycles. The number of carboxylic acids is 1. The molecule has 139 heavy (non-hydrogen) atoms. The Kier molecular flexibility index (Phi) is 55.4. The number of hydrogen-bond acceptors (Lipinski definition) is 23. The van der Waals surface area contributed by atoms with Gasteiger partial charge in [-0.05, 0) is 109 Å². The number of aliphatic carboxylic acids is 1. The number of aliphatic hydroxyl groups is 4. The lowest BCUT2D eigenvalue weighted by Crippen LogP contribution is -2.53. The van der Waals surface area contributed by atoms with E-state index >= 15 is 0 Å². The maximum atomic E-state index is 14.3. The number of ketones is 4. The Morgan fingerprint density at radius 3 is 1.01 bits per heavy atom. The highest BCUT2D eigenvalue weighted by Crippen LogP contribution is 2.42. The lowest BCUT2D eigenvalue weighted by atomic mass is 9.89. The highest BCUT2D eigenvalue weighted by molar-refractivity contribution is 5.99. The van der Waals surface area contributed by atoms with E-state index in [-0.39, 0.29) is 151 Å². The summed E-state index contributed by atoms with van der Waals surface area (Å²) >= 11 is 0. The number of benzene rings is 4. The molecule has 2 aliphatic heterocycles. The number of nitrogens with two attached hydrogens (primary N) is 1. The van der Waals surface area contributed by atoms with E-state index in [4.69, 9.17) is 10.8 Å². The van der Waals surface area contributed by atoms with Gasteiger partial charge in [0.05, 0.1) is 44.6 Å². The number of hydrogen-bond donors (Lipinski definition) is 15. The second-order valence-electron chi connectivity index (χ2n) is 38.5. The molecule has 0 saturated heterocycles. The Balaban J connectivity index is 0.000000544. The first-order chi connectivity index (χ1) is 66.0. The molecule has 776 valence electrons. The van der Waals surface area contributed by atoms with Gasteiger partial charge in [0.15, 0.2) is 23.1 Å². The number of carboxylic acid groups (broad SMARTS) is 1. The second-order valence-corrected chi connectivity index (χ2v) is 38.5. The summed E-state index contributed by atoms with van der Waals surface area (Å²) in [6, 6.07) is 6.83. The van der Waals surface area contributed by atoms with E-state index in [9.17, 15) is 108 Å². The summed E-state index contributed by atoms with van der Waals surface area (Å²) in [4.78, 5) is 192. The average Bonchev–Trinajstić information content (AvgIpc) is 0.788. The molecular formula is C106H164N10O23. The van der Waals surface area contributed by atoms with Crippen molar-refractivity contribution < 1.29 is 113 Å². The SMILES string of the molecule is CC(C)[C@@H](N)CO.CCCCCCCCCCCCCCCC(=O)N(C)[C@H](CO)C(=O)N[C@H](C)C(=O)CCC(=O)N(C)[C@@H]1C(=O)C[C@@H](C)C(=O)N[C@H](C(=O)N[C@@H](CO)C(C)C)Cc2ccc(O)c(c2)-c2cc1ccc2O.CCCCCCCCCCCCCCCC(=O)N(C)[C@H](CO)C(=O)N[C@H](C)C(=O)CCC(=O)N(C)[C@@H]1C(=O)C[C@@H](C)C(=O)N[C@H](C(=O)O)Cc2ccc(O)c(c2)-c2cc1ccc2O. The number of fused-ring (bicyclic) bond motifs is 10. The van der Waals surface area contributed by atoms with Gasteiger partial charge in [-0.25, -0.2) is 4.79 Å². The lowest BCUT2D eigenvalue weighted by Gasteiger charge is -2.30. The number of unbranched alkanes of at least 4 members (excludes halogenated alkanes) is 24. The van der Waals surface area contributed by atoms with Crippen LogP contribution in [0.25, 0.3) is 22.3 Å². The minimum atomic E-state index is -1.36. The zero-order valence-electron chi connectivity index (χ0n) is 84.9. The largest absolute Gasteiger partial charge is 0.507 e. The van der Waals surface area contributed by atoms with Crippen LogP contribution in [-0.2, 0) is 80.0 Å². The van der Waals surface area contributed by atoms with E-state index in [1.54, 1.807) is 12.1 Å². The number of carbonyl (C=O) groups is 14. The highest BCUT2D eigenvalue weighted by atomic mass is 16.4. The molecule has 0 radical (unpaired) electrons. The molecule has 0 saturated carbocycles. The molecule has 0 unspecified atom stereocenters. The minimum absolute atomic E-state index is 0.0264. The van der Waals surface area contributed by atoms with E-state index in [1.165, 1.54) is 242 Å². The monoisotopic (exact) mass is 1950 g/mol. The third-order valence-electron chi connectivity index (χ3n) is 26.5. The van der Waals surface area contributed by atoms with Gasteiger partial charge in [-0.1, -0.05) is 234 Å². The molecular weight excluding hydrogens is 1780 g/mol. The van der Waals surface area contributed by atoms with E-state index in [0.717, 1.165) is 48.3 Å². The normalized spacial score (nSPS) is 17.4. The summed E-state index contributed by atoms with van der Waals surface area (Å²) in [6.07, 6.45) is 28.5. The molecule has 8 bridgehead atoms. The van der Waals surface area contributed by atoms with Crippen molar-refractivity contribution in [1.82, 2.24) is 46.2 Å². The Morgan fingerprint density at radius 2 is 0.705 bits per heavy atom. The molecule has 16 N–H and O–H groups in total. The maximum Gasteiger partial charge on any atom is 0.326 e. The van der Waals surface area contributed by atoms with Crippen molar-refractivity contribution in [2.75, 3.05) is 54.6 Å². The van der Waals surface area contributed by atoms with Crippen LogP contribution in [0, 0.1) is 23.7 Å². The van der Waals surface area contributed by atoms with Crippen LogP contribution in [0.5, 0.6) is 23.0 Å². The van der Waals surface area contributed by atoms with Gasteiger partial charge in [-0.2, -0.15) is 0 Å². The first kappa shape index (κ1) is 121. The number of amides is 9. The van der Waals surface area contributed by atoms with Crippen molar-refractivity contribution in [3.05, 3.63) is 95.1 Å². The average molecular weight is 1950 g/mol. The number of aliphatic hydroxyl groups excluding tert-OH is 4. The van der Waals surface area contributed by atoms with E-state index in [1.807, 2.05) is 27.7 Å². The lowest BCUT2D eigenvalue weighted by molar-refractivity contribution is -0.143. The smallest absolute Gasteiger partial charge is 0.326 e. The molecule has 0 aromatic heterocycles. The highest BCUT2D eigenvalue weighted by Gasteiger charge is 2.39. The van der Waals surface area contributed by atoms with Gasteiger partial charge in [0.25, 0.3) is 0 Å². The van der Waals surface area contributed by atoms with Crippen molar-refractivity contribution in [3.63, 3.8) is 0 Å². The summed E-state index contributed by atoms with van der Waals surface area (Å²) in [5.41, 5.74) is 7.36. The molecule has 0 spiro atoms. The Hall–Kier alpha value is -10.7. The molecule has 33 nitrogen and oxygen atoms in total. The van der Waals surface area contributed by atoms with Crippen molar-refractivity contribution in [3.8, 4) is 45.3 Å². The molecule has 0 fully saturated rings. The van der Waals surface area contributed by atoms with Crippen LogP contribution in [0.3, 0.4) is 0 Å². The summed E-state index contributed by atoms with van der Waals surface area (Å²) in [7, 11) is 5.62. The van der Waals surface area contributed by atoms with Gasteiger partial charge < -0.3 is 97.9 Å². The number of phenolic OH excluding ortho intramolecular Hbond substituents is 4. The number of rotatable bonds is 53. The summed E-state index contributed by atoms with van der Waals surface area (Å²) in [5, 5.41) is 105. The number of carbonyl (C=O) groups excluding carboxylic acids is 13. The standard InChI is InChI=1S/C53H81N5O11.C48H70N4O11.C5H13NO/c1-8-9-10-11-12-13-14-15-16-17-18-19-20-21-48(65)57(6)43(33-60)53(69)54-36(5)44(61)26-27-49(66)58(7)50-38-23-25-46(63)40(31-38)39-29-37(22-24-45(39)62)30-41(52(68)56-42(32-59)34(2)3)55-51(67)35(4)28-47(50)64;1-6-7-8-9-10-11-12-13-14-15-16-17-18-19-43(58)51(4)38(30-53)47(61)49-32(3)39(54)24-25-44(59)52(5)45-34-21-23-41(56)36(29-34)35-27-33(20-22-40(35)55)28-37(48(62)63)50-46(60)31(2)26-42(45)57;1-4(2)5(6)3-7/h22-25,29,31,34-36,41-43,50,59-60,62-63H,8-21,26-28,30,32-33H2,1-7H3,(H,54,69)(H,55,67)(H,56,68);20-23,27,29,31-32,37-38,45,53,55-56H,6-19,24-26,28,30H2,1-5H3,(H,49,61)(H,50,60)(H,62,63);4-5,7H,3,6H2,1-2H3/t35-,36-,41+,42+,43-,50+;31-,32-,37+,38-,45+;5-/m110/s1. The predicted octanol–water partition coefficient (Wildman–Crippen LogP) is 12.3. The van der Waals surface area contributed by atoms with E-state index < -0.39 is 156 Å². The van der Waals surface area contributed by atoms with E-state index in [0.29, 0.717) is 29.9 Å². The van der Waals surface area contributed by atoms with Gasteiger partial charge in [-0.3, -0.25) is 62.3 Å². The quantitative estimate of drug-likeness (QED) is 0.0183. The number of Topliss-reactive ketones (excluding diaryl/α,β-unsaturated/α-hetero) is 4. The van der Waals surface area contributed by atoms with Gasteiger partial charge >= 0.3 is 5.97 Å². The Labute approximate surface area is 822 Å². The molecule has 12 atom stereocenters. The third kappa shape index (κ3) is 40.8. The number of aromatic hydroxyl groups is 4. The van der Waals surface area contributed by atoms with Crippen LogP contribution < -0.4 is 32.3 Å². The molecule has 9 amide bonds. The molecule has 2 aliphatic rings. The van der Waals surface area contributed by atoms with Gasteiger partial charge in [-0.15, -0.1) is 0 Å². The summed E-state index contributed by atoms with van der Waals surface area (Å²) in [5.74, 6) is -11.3. The first-order valence-corrected chi connectivity index (χ1v) is 50.4. The molecule has 0 aliphatic carbocycles. The van der Waals surface area contributed by atoms with Crippen LogP contribution in [-0.4, -0.2) is 251 Å². The topological polar surface area (TPSA) is 520 Å². The zero-order chi connectivity index (χ0) is 104. The predicted molar refractivity (Wildman–Crippen MR) is 533 cm³/mol. The van der Waals surface area contributed by atoms with Gasteiger partial charge in [0.2, 0.25) is 53.2 Å². The summed E-state index contributed by atoms with van der Waals surface area (Å²) in [6.45, 7) is 16.4. The number of nitrogens with zero attached hydrogens (tertiary/aromatic N) is 4. The zero-order valence-corrected chi connectivity index (χ0v) is 84.9. The fourth-order valence-corrected chi connectivity index (χ4v) is 16.8. The molecule has 6 rings (SSSR count). The number of nitrogens with one attached hydrogen (secondary N) is 5. The minimum Gasteiger partial charge on any atom is -0.507 e. The maximum absolute atomic E-state index is 14.3. The second kappa shape index (κ2) is 63.8. The summed E-state index contributed by atoms with van der Waals surface area (Å²) < 4.78 is 0. The van der Waals surface area contributed by atoms with Crippen LogP contribution in [0.15, 0.2) is 72.8 Å². The first-order valence-electron chi connectivity index (χ1n) is 50.4. The number of likely N-dealkylation sites (N-methyl/N-ethyl adjacent to an activating group) is 4. The van der Waals surface area contributed by atoms with E-state index in [2.05, 4.69) is 40.4 Å². The number of phenols is 4. The van der Waals surface area contributed by atoms with Gasteiger partial charge in [0.1, 0.15) is 59.2 Å². The van der Waals surface area contributed by atoms with Crippen LogP contribution in [0.2, 0.25) is 0 Å². The van der Waals surface area contributed by atoms with Crippen molar-refractivity contribution in [2.24, 2.45) is 29.4 Å². The van der Waals surface area contributed by atoms with Crippen molar-refractivity contribution >= 4 is 82.3 Å². The fraction of sp³-hybridized carbons (Fsp3) is 0.642. The van der Waals surface area contributed by atoms with Crippen molar-refractivity contribution in [1.29, 1.82) is 0 Å². The van der Waals surface area contributed by atoms with Crippen LogP contribution in [0.4, 0.5) is 0 Å². The molecule has 33 heteroatoms. The third-order valence-corrected chi connectivity index (χ3v) is 26.5. The Morgan fingerprint density at radius 1 is 0.388 bits per heavy atom. The Bertz CT molecular complexity index is 4600. The van der Waals surface area contributed by atoms with Crippen molar-refractivity contribution in [2.45, 2.75) is 361 Å². The van der Waals surface area contributed by atoms with Gasteiger partial charge in [0, 0.05) is 133 Å². The molecule has 2 heterocycles. The fourth-order valence-electron chi connectivity index (χ4n) is 16.8. The van der Waals surface area contributed by atoms with Crippen LogP contribution in [0.1, 0.15) is 322 Å². The molecule has 4 aromatic rings.